The first-order valence-corrected chi connectivity index (χ1v) is 7.74. The molecule has 1 aliphatic rings. The molecule has 1 saturated heterocycles. The average molecular weight is 318 g/mol. The third kappa shape index (κ3) is 5.95. The molecule has 0 radical (unpaired) electrons. The van der Waals surface area contributed by atoms with Gasteiger partial charge < -0.3 is 29.2 Å². The molecule has 2 N–H and O–H groups in total. The molecule has 0 aromatic rings. The predicted molar refractivity (Wildman–Crippen MR) is 82.3 cm³/mol. The Bertz CT molecular complexity index is 342. The Morgan fingerprint density at radius 2 is 1.91 bits per heavy atom. The maximum atomic E-state index is 9.72. The molecule has 0 amide bonds. The topological polar surface area (TPSA) is 77.4 Å². The number of ether oxygens (including phenoxy) is 4. The second-order valence-corrected chi connectivity index (χ2v) is 6.17. The van der Waals surface area contributed by atoms with Gasteiger partial charge in [-0.2, -0.15) is 0 Å². The molecule has 0 aromatic heterocycles. The Balaban J connectivity index is 2.68. The molecule has 1 fully saturated rings. The van der Waals surface area contributed by atoms with E-state index in [4.69, 9.17) is 24.1 Å². The normalized spacial score (nSPS) is 28.9. The van der Waals surface area contributed by atoms with E-state index < -0.39 is 18.0 Å². The summed E-state index contributed by atoms with van der Waals surface area (Å²) in [6, 6.07) is 0. The Hall–Kier alpha value is -0.500. The summed E-state index contributed by atoms with van der Waals surface area (Å²) in [6.45, 7) is 7.61. The lowest BCUT2D eigenvalue weighted by atomic mass is 9.97. The standard InChI is InChI=1S/C16H30O6/c1-11(6-7-13(12(2)18)20-10-19-5)15-14(8-9-17)21-16(3,4)22-15/h6-7,11-15,17-18H,8-10H2,1-5H3/b7-6-/t11?,12-,13+,14-,15+/m0/s1. The molecule has 1 unspecified atom stereocenters. The van der Waals surface area contributed by atoms with E-state index in [0.717, 1.165) is 0 Å². The second kappa shape index (κ2) is 8.96. The van der Waals surface area contributed by atoms with Crippen LogP contribution in [0.2, 0.25) is 0 Å². The van der Waals surface area contributed by atoms with Crippen LogP contribution in [-0.2, 0) is 18.9 Å². The van der Waals surface area contributed by atoms with Crippen molar-refractivity contribution in [2.75, 3.05) is 20.5 Å². The van der Waals surface area contributed by atoms with Crippen LogP contribution in [0.3, 0.4) is 0 Å². The first kappa shape index (κ1) is 19.5. The Kier molecular flexibility index (Phi) is 7.96. The second-order valence-electron chi connectivity index (χ2n) is 6.17. The lowest BCUT2D eigenvalue weighted by Crippen LogP contribution is -2.30. The molecule has 0 aliphatic carbocycles. The fourth-order valence-corrected chi connectivity index (χ4v) is 2.56. The zero-order chi connectivity index (χ0) is 16.8. The SMILES string of the molecule is COCO[C@H](/C=C\C(C)[C@H]1OC(C)(C)O[C@H]1CCO)[C@H](C)O. The van der Waals surface area contributed by atoms with E-state index in [-0.39, 0.29) is 31.5 Å². The van der Waals surface area contributed by atoms with Crippen LogP contribution in [0.4, 0.5) is 0 Å². The molecular weight excluding hydrogens is 288 g/mol. The van der Waals surface area contributed by atoms with Gasteiger partial charge in [-0.25, -0.2) is 0 Å². The van der Waals surface area contributed by atoms with Crippen molar-refractivity contribution in [2.24, 2.45) is 5.92 Å². The van der Waals surface area contributed by atoms with Gasteiger partial charge in [-0.05, 0) is 27.2 Å². The van der Waals surface area contributed by atoms with Gasteiger partial charge in [0, 0.05) is 19.6 Å². The summed E-state index contributed by atoms with van der Waals surface area (Å²) < 4.78 is 22.0. The lowest BCUT2D eigenvalue weighted by molar-refractivity contribution is -0.149. The van der Waals surface area contributed by atoms with Gasteiger partial charge in [0.05, 0.1) is 18.3 Å². The number of hydrogen-bond donors (Lipinski definition) is 2. The third-order valence-electron chi connectivity index (χ3n) is 3.61. The molecule has 6 heteroatoms. The van der Waals surface area contributed by atoms with Crippen molar-refractivity contribution < 1.29 is 29.2 Å². The summed E-state index contributed by atoms with van der Waals surface area (Å²) in [5.41, 5.74) is 0. The van der Waals surface area contributed by atoms with Crippen LogP contribution in [0.15, 0.2) is 12.2 Å². The minimum atomic E-state index is -0.650. The average Bonchev–Trinajstić information content (AvgIpc) is 2.73. The summed E-state index contributed by atoms with van der Waals surface area (Å²) in [5, 5.41) is 18.9. The van der Waals surface area contributed by atoms with E-state index in [1.54, 1.807) is 6.92 Å². The molecule has 0 spiro atoms. The van der Waals surface area contributed by atoms with Gasteiger partial charge >= 0.3 is 0 Å². The number of aliphatic hydroxyl groups is 2. The summed E-state index contributed by atoms with van der Waals surface area (Å²) in [4.78, 5) is 0. The number of hydrogen-bond acceptors (Lipinski definition) is 6. The molecular formula is C16H30O6. The summed E-state index contributed by atoms with van der Waals surface area (Å²) in [5.74, 6) is -0.589. The van der Waals surface area contributed by atoms with Crippen molar-refractivity contribution in [3.8, 4) is 0 Å². The molecule has 1 heterocycles. The Morgan fingerprint density at radius 3 is 2.45 bits per heavy atom. The third-order valence-corrected chi connectivity index (χ3v) is 3.61. The fraction of sp³-hybridized carbons (Fsp3) is 0.875. The molecule has 6 nitrogen and oxygen atoms in total. The molecule has 0 aromatic carbocycles. The van der Waals surface area contributed by atoms with Crippen LogP contribution in [0.25, 0.3) is 0 Å². The van der Waals surface area contributed by atoms with Crippen molar-refractivity contribution in [1.82, 2.24) is 0 Å². The predicted octanol–water partition coefficient (Wildman–Crippen LogP) is 1.45. The van der Waals surface area contributed by atoms with Gasteiger partial charge in [0.25, 0.3) is 0 Å². The van der Waals surface area contributed by atoms with Gasteiger partial charge in [-0.15, -0.1) is 0 Å². The molecule has 130 valence electrons. The van der Waals surface area contributed by atoms with Gasteiger partial charge in [0.2, 0.25) is 0 Å². The van der Waals surface area contributed by atoms with Gasteiger partial charge in [-0.1, -0.05) is 19.1 Å². The zero-order valence-electron chi connectivity index (χ0n) is 14.2. The van der Waals surface area contributed by atoms with E-state index in [1.807, 2.05) is 32.9 Å². The van der Waals surface area contributed by atoms with Crippen molar-refractivity contribution in [2.45, 2.75) is 64.3 Å². The van der Waals surface area contributed by atoms with E-state index in [9.17, 15) is 5.11 Å². The summed E-state index contributed by atoms with van der Waals surface area (Å²) in [6.07, 6.45) is 2.94. The van der Waals surface area contributed by atoms with Crippen molar-refractivity contribution in [3.63, 3.8) is 0 Å². The van der Waals surface area contributed by atoms with Crippen LogP contribution in [-0.4, -0.2) is 60.9 Å². The van der Waals surface area contributed by atoms with Crippen molar-refractivity contribution in [3.05, 3.63) is 12.2 Å². The number of aliphatic hydroxyl groups excluding tert-OH is 2. The quantitative estimate of drug-likeness (QED) is 0.495. The minimum absolute atomic E-state index is 0.0598. The van der Waals surface area contributed by atoms with E-state index in [0.29, 0.717) is 6.42 Å². The van der Waals surface area contributed by atoms with Gasteiger partial charge in [-0.3, -0.25) is 0 Å². The highest BCUT2D eigenvalue weighted by atomic mass is 16.8. The highest BCUT2D eigenvalue weighted by Crippen LogP contribution is 2.34. The fourth-order valence-electron chi connectivity index (χ4n) is 2.56. The highest BCUT2D eigenvalue weighted by molar-refractivity contribution is 5.00. The van der Waals surface area contributed by atoms with Crippen LogP contribution in [0.1, 0.15) is 34.1 Å². The first-order chi connectivity index (χ1) is 10.3. The number of methoxy groups -OCH3 is 1. The maximum absolute atomic E-state index is 9.72. The molecule has 0 saturated carbocycles. The lowest BCUT2D eigenvalue weighted by Gasteiger charge is -2.22. The zero-order valence-corrected chi connectivity index (χ0v) is 14.2. The molecule has 5 atom stereocenters. The molecule has 1 rings (SSSR count). The van der Waals surface area contributed by atoms with Crippen LogP contribution in [0.5, 0.6) is 0 Å². The van der Waals surface area contributed by atoms with E-state index in [2.05, 4.69) is 0 Å². The molecule has 22 heavy (non-hydrogen) atoms. The maximum Gasteiger partial charge on any atom is 0.163 e. The minimum Gasteiger partial charge on any atom is -0.396 e. The monoisotopic (exact) mass is 318 g/mol. The van der Waals surface area contributed by atoms with Crippen molar-refractivity contribution >= 4 is 0 Å². The smallest absolute Gasteiger partial charge is 0.163 e. The van der Waals surface area contributed by atoms with Crippen LogP contribution >= 0.6 is 0 Å². The largest absolute Gasteiger partial charge is 0.396 e. The van der Waals surface area contributed by atoms with Gasteiger partial charge in [0.1, 0.15) is 12.9 Å². The van der Waals surface area contributed by atoms with Gasteiger partial charge in [0.15, 0.2) is 5.79 Å². The van der Waals surface area contributed by atoms with Crippen LogP contribution in [0, 0.1) is 5.92 Å². The first-order valence-electron chi connectivity index (χ1n) is 7.74. The summed E-state index contributed by atoms with van der Waals surface area (Å²) >= 11 is 0. The Morgan fingerprint density at radius 1 is 1.23 bits per heavy atom. The highest BCUT2D eigenvalue weighted by Gasteiger charge is 2.42. The van der Waals surface area contributed by atoms with Crippen molar-refractivity contribution in [1.29, 1.82) is 0 Å². The van der Waals surface area contributed by atoms with E-state index in [1.165, 1.54) is 7.11 Å². The number of rotatable bonds is 9. The summed E-state index contributed by atoms with van der Waals surface area (Å²) in [7, 11) is 1.54. The Labute approximate surface area is 133 Å². The molecule has 1 aliphatic heterocycles. The van der Waals surface area contributed by atoms with E-state index >= 15 is 0 Å². The van der Waals surface area contributed by atoms with Crippen LogP contribution < -0.4 is 0 Å². The molecule has 0 bridgehead atoms.